The van der Waals surface area contributed by atoms with E-state index in [2.05, 4.69) is 25.2 Å². The minimum atomic E-state index is 0.301. The molecule has 0 saturated carbocycles. The van der Waals surface area contributed by atoms with Crippen LogP contribution in [0.3, 0.4) is 0 Å². The van der Waals surface area contributed by atoms with E-state index >= 15 is 0 Å². The maximum Gasteiger partial charge on any atom is 0.0992 e. The van der Waals surface area contributed by atoms with E-state index < -0.39 is 0 Å². The van der Waals surface area contributed by atoms with Crippen LogP contribution in [0.15, 0.2) is 24.3 Å². The molecule has 1 fully saturated rings. The smallest absolute Gasteiger partial charge is 0.0992 e. The van der Waals surface area contributed by atoms with Crippen LogP contribution < -0.4 is 5.32 Å². The van der Waals surface area contributed by atoms with Crippen molar-refractivity contribution >= 4 is 5.69 Å². The number of nitrogens with one attached hydrogen (secondary N) is 1. The molecular weight excluding hydrogens is 212 g/mol. The van der Waals surface area contributed by atoms with E-state index in [-0.39, 0.29) is 0 Å². The maximum atomic E-state index is 8.85. The average molecular weight is 230 g/mol. The van der Waals surface area contributed by atoms with Crippen LogP contribution in [0.2, 0.25) is 0 Å². The van der Waals surface area contributed by atoms with Crippen molar-refractivity contribution in [1.82, 2.24) is 0 Å². The number of anilines is 1. The van der Waals surface area contributed by atoms with Crippen LogP contribution in [0.25, 0.3) is 0 Å². The molecule has 1 N–H and O–H groups in total. The normalized spacial score (nSPS) is 28.4. The number of nitriles is 1. The molecule has 1 aliphatic rings. The molecule has 1 aromatic carbocycles. The fraction of sp³-hybridized carbons (Fsp3) is 0.500. The van der Waals surface area contributed by atoms with E-state index in [0.29, 0.717) is 23.8 Å². The molecule has 0 aliphatic carbocycles. The summed E-state index contributed by atoms with van der Waals surface area (Å²) in [6.45, 7) is 4.21. The standard InChI is InChI=1S/C14H18N2O/c1-10-6-14(7-11(2)17-10)16-13-5-3-4-12(8-13)9-15/h3-5,8,10-11,14,16H,6-7H2,1-2H3. The van der Waals surface area contributed by atoms with Crippen molar-refractivity contribution in [2.24, 2.45) is 0 Å². The molecule has 1 saturated heterocycles. The predicted molar refractivity (Wildman–Crippen MR) is 67.8 cm³/mol. The van der Waals surface area contributed by atoms with Gasteiger partial charge in [0.25, 0.3) is 0 Å². The lowest BCUT2D eigenvalue weighted by Gasteiger charge is -2.33. The average Bonchev–Trinajstić information content (AvgIpc) is 2.28. The van der Waals surface area contributed by atoms with Crippen molar-refractivity contribution in [3.05, 3.63) is 29.8 Å². The Balaban J connectivity index is 2.02. The molecule has 0 bridgehead atoms. The van der Waals surface area contributed by atoms with Crippen molar-refractivity contribution in [2.45, 2.75) is 44.9 Å². The van der Waals surface area contributed by atoms with Gasteiger partial charge in [-0.05, 0) is 44.9 Å². The van der Waals surface area contributed by atoms with Gasteiger partial charge in [0, 0.05) is 11.7 Å². The second-order valence-electron chi connectivity index (χ2n) is 4.76. The number of hydrogen-bond donors (Lipinski definition) is 1. The number of nitrogens with zero attached hydrogens (tertiary/aromatic N) is 1. The molecular formula is C14H18N2O. The molecule has 1 aliphatic heterocycles. The van der Waals surface area contributed by atoms with Gasteiger partial charge in [0.2, 0.25) is 0 Å². The third-order valence-corrected chi connectivity index (χ3v) is 3.06. The summed E-state index contributed by atoms with van der Waals surface area (Å²) in [7, 11) is 0. The van der Waals surface area contributed by atoms with Gasteiger partial charge in [-0.3, -0.25) is 0 Å². The second-order valence-corrected chi connectivity index (χ2v) is 4.76. The molecule has 0 radical (unpaired) electrons. The van der Waals surface area contributed by atoms with E-state index in [9.17, 15) is 0 Å². The van der Waals surface area contributed by atoms with Gasteiger partial charge >= 0.3 is 0 Å². The van der Waals surface area contributed by atoms with E-state index in [1.165, 1.54) is 0 Å². The highest BCUT2D eigenvalue weighted by Crippen LogP contribution is 2.22. The van der Waals surface area contributed by atoms with Crippen LogP contribution in [0, 0.1) is 11.3 Å². The zero-order chi connectivity index (χ0) is 12.3. The topological polar surface area (TPSA) is 45.0 Å². The summed E-state index contributed by atoms with van der Waals surface area (Å²) in [6.07, 6.45) is 2.63. The van der Waals surface area contributed by atoms with Gasteiger partial charge in [-0.1, -0.05) is 6.07 Å². The Labute approximate surface area is 102 Å². The first-order valence-electron chi connectivity index (χ1n) is 6.09. The Bertz CT molecular complexity index is 414. The highest BCUT2D eigenvalue weighted by atomic mass is 16.5. The number of benzene rings is 1. The first kappa shape index (κ1) is 11.9. The molecule has 3 heteroatoms. The SMILES string of the molecule is CC1CC(Nc2cccc(C#N)c2)CC(C)O1. The molecule has 17 heavy (non-hydrogen) atoms. The zero-order valence-electron chi connectivity index (χ0n) is 10.3. The molecule has 0 aromatic heterocycles. The lowest BCUT2D eigenvalue weighted by molar-refractivity contribution is -0.0337. The first-order valence-corrected chi connectivity index (χ1v) is 6.09. The van der Waals surface area contributed by atoms with Gasteiger partial charge in [-0.2, -0.15) is 5.26 Å². The second kappa shape index (κ2) is 5.20. The molecule has 3 nitrogen and oxygen atoms in total. The van der Waals surface area contributed by atoms with Gasteiger partial charge < -0.3 is 10.1 Å². The molecule has 2 atom stereocenters. The molecule has 0 spiro atoms. The summed E-state index contributed by atoms with van der Waals surface area (Å²) in [6, 6.07) is 10.2. The Kier molecular flexibility index (Phi) is 3.65. The summed E-state index contributed by atoms with van der Waals surface area (Å²) in [5.41, 5.74) is 1.72. The molecule has 1 aromatic rings. The summed E-state index contributed by atoms with van der Waals surface area (Å²) >= 11 is 0. The van der Waals surface area contributed by atoms with Crippen molar-refractivity contribution in [3.63, 3.8) is 0 Å². The lowest BCUT2D eigenvalue weighted by atomic mass is 9.99. The maximum absolute atomic E-state index is 8.85. The highest BCUT2D eigenvalue weighted by molar-refractivity contribution is 5.49. The van der Waals surface area contributed by atoms with Gasteiger partial charge in [-0.15, -0.1) is 0 Å². The third-order valence-electron chi connectivity index (χ3n) is 3.06. The Morgan fingerprint density at radius 3 is 2.65 bits per heavy atom. The number of ether oxygens (including phenoxy) is 1. The fourth-order valence-corrected chi connectivity index (χ4v) is 2.44. The summed E-state index contributed by atoms with van der Waals surface area (Å²) < 4.78 is 5.71. The number of hydrogen-bond acceptors (Lipinski definition) is 3. The van der Waals surface area contributed by atoms with Crippen LogP contribution in [-0.4, -0.2) is 18.2 Å². The molecule has 2 rings (SSSR count). The van der Waals surface area contributed by atoms with Crippen LogP contribution in [0.5, 0.6) is 0 Å². The largest absolute Gasteiger partial charge is 0.382 e. The first-order chi connectivity index (χ1) is 8.17. The van der Waals surface area contributed by atoms with Crippen molar-refractivity contribution in [2.75, 3.05) is 5.32 Å². The van der Waals surface area contributed by atoms with E-state index in [4.69, 9.17) is 10.00 Å². The lowest BCUT2D eigenvalue weighted by Crippen LogP contribution is -2.36. The predicted octanol–water partition coefficient (Wildman–Crippen LogP) is 2.93. The van der Waals surface area contributed by atoms with Crippen molar-refractivity contribution < 1.29 is 4.74 Å². The van der Waals surface area contributed by atoms with Crippen LogP contribution >= 0.6 is 0 Å². The fourth-order valence-electron chi connectivity index (χ4n) is 2.44. The Morgan fingerprint density at radius 1 is 1.29 bits per heavy atom. The molecule has 2 unspecified atom stereocenters. The van der Waals surface area contributed by atoms with Crippen molar-refractivity contribution in [1.29, 1.82) is 5.26 Å². The Morgan fingerprint density at radius 2 is 2.00 bits per heavy atom. The highest BCUT2D eigenvalue weighted by Gasteiger charge is 2.24. The van der Waals surface area contributed by atoms with E-state index in [1.54, 1.807) is 0 Å². The van der Waals surface area contributed by atoms with Gasteiger partial charge in [-0.25, -0.2) is 0 Å². The zero-order valence-corrected chi connectivity index (χ0v) is 10.3. The van der Waals surface area contributed by atoms with Gasteiger partial charge in [0.15, 0.2) is 0 Å². The summed E-state index contributed by atoms with van der Waals surface area (Å²) in [5, 5.41) is 12.3. The minimum absolute atomic E-state index is 0.301. The van der Waals surface area contributed by atoms with Gasteiger partial charge in [0.1, 0.15) is 0 Å². The van der Waals surface area contributed by atoms with Crippen LogP contribution in [-0.2, 0) is 4.74 Å². The van der Waals surface area contributed by atoms with E-state index in [1.807, 2.05) is 24.3 Å². The van der Waals surface area contributed by atoms with Gasteiger partial charge in [0.05, 0.1) is 23.8 Å². The summed E-state index contributed by atoms with van der Waals surface area (Å²) in [5.74, 6) is 0. The van der Waals surface area contributed by atoms with Crippen LogP contribution in [0.1, 0.15) is 32.3 Å². The van der Waals surface area contributed by atoms with E-state index in [0.717, 1.165) is 18.5 Å². The van der Waals surface area contributed by atoms with Crippen molar-refractivity contribution in [3.8, 4) is 6.07 Å². The molecule has 0 amide bonds. The molecule has 90 valence electrons. The Hall–Kier alpha value is -1.53. The monoisotopic (exact) mass is 230 g/mol. The van der Waals surface area contributed by atoms with Crippen LogP contribution in [0.4, 0.5) is 5.69 Å². The molecule has 1 heterocycles. The minimum Gasteiger partial charge on any atom is -0.382 e. The summed E-state index contributed by atoms with van der Waals surface area (Å²) in [4.78, 5) is 0. The third kappa shape index (κ3) is 3.21. The quantitative estimate of drug-likeness (QED) is 0.849. The number of rotatable bonds is 2.